The van der Waals surface area contributed by atoms with Crippen molar-refractivity contribution in [2.75, 3.05) is 13.7 Å². The number of rotatable bonds is 4. The molecule has 3 heterocycles. The lowest BCUT2D eigenvalue weighted by Crippen LogP contribution is -2.26. The van der Waals surface area contributed by atoms with E-state index >= 15 is 0 Å². The minimum absolute atomic E-state index is 0.226. The van der Waals surface area contributed by atoms with E-state index in [4.69, 9.17) is 4.74 Å². The molecule has 3 aromatic rings. The van der Waals surface area contributed by atoms with Gasteiger partial charge in [0.05, 0.1) is 17.7 Å². The summed E-state index contributed by atoms with van der Waals surface area (Å²) in [5.41, 5.74) is 3.37. The minimum Gasteiger partial charge on any atom is -0.380 e. The molecular formula is C19H23N5O. The summed E-state index contributed by atoms with van der Waals surface area (Å²) in [5.74, 6) is 0.998. The van der Waals surface area contributed by atoms with E-state index in [0.717, 1.165) is 36.5 Å². The first-order valence-electron chi connectivity index (χ1n) is 8.61. The van der Waals surface area contributed by atoms with Crippen molar-refractivity contribution >= 4 is 10.9 Å². The van der Waals surface area contributed by atoms with Crippen LogP contribution in [0.4, 0.5) is 0 Å². The second-order valence-electron chi connectivity index (χ2n) is 6.82. The number of aromatic nitrogens is 4. The molecule has 0 bridgehead atoms. The smallest absolute Gasteiger partial charge is 0.150 e. The molecule has 0 unspecified atom stereocenters. The van der Waals surface area contributed by atoms with Crippen molar-refractivity contribution in [2.24, 2.45) is 7.05 Å². The molecule has 0 saturated carbocycles. The number of hydrogen-bond acceptors (Lipinski definition) is 5. The molecule has 1 fully saturated rings. The van der Waals surface area contributed by atoms with Gasteiger partial charge in [0, 0.05) is 38.3 Å². The highest BCUT2D eigenvalue weighted by molar-refractivity contribution is 5.79. The first-order chi connectivity index (χ1) is 12.1. The largest absolute Gasteiger partial charge is 0.380 e. The zero-order chi connectivity index (χ0) is 17.4. The number of pyridine rings is 1. The summed E-state index contributed by atoms with van der Waals surface area (Å²) in [6.07, 6.45) is 2.93. The number of fused-ring (bicyclic) bond motifs is 1. The fraction of sp³-hybridized carbons (Fsp3) is 0.421. The highest BCUT2D eigenvalue weighted by Crippen LogP contribution is 2.33. The second kappa shape index (κ2) is 6.54. The Balaban J connectivity index is 1.61. The Morgan fingerprint density at radius 3 is 2.88 bits per heavy atom. The number of benzene rings is 1. The third-order valence-electron chi connectivity index (χ3n) is 5.02. The monoisotopic (exact) mass is 337 g/mol. The topological polar surface area (TPSA) is 56.1 Å². The van der Waals surface area contributed by atoms with Gasteiger partial charge in [-0.05, 0) is 37.1 Å². The molecule has 1 aliphatic heterocycles. The van der Waals surface area contributed by atoms with E-state index in [0.29, 0.717) is 0 Å². The molecule has 0 amide bonds. The summed E-state index contributed by atoms with van der Waals surface area (Å²) in [4.78, 5) is 7.02. The summed E-state index contributed by atoms with van der Waals surface area (Å²) >= 11 is 0. The van der Waals surface area contributed by atoms with Gasteiger partial charge in [-0.15, -0.1) is 10.2 Å². The van der Waals surface area contributed by atoms with Gasteiger partial charge < -0.3 is 9.30 Å². The zero-order valence-electron chi connectivity index (χ0n) is 14.9. The fourth-order valence-corrected chi connectivity index (χ4v) is 3.68. The van der Waals surface area contributed by atoms with Crippen molar-refractivity contribution in [2.45, 2.75) is 32.0 Å². The van der Waals surface area contributed by atoms with Crippen molar-refractivity contribution in [3.05, 3.63) is 53.7 Å². The van der Waals surface area contributed by atoms with Crippen molar-refractivity contribution in [1.82, 2.24) is 24.6 Å². The number of nitrogens with zero attached hydrogens (tertiary/aromatic N) is 5. The third kappa shape index (κ3) is 3.15. The summed E-state index contributed by atoms with van der Waals surface area (Å²) in [6, 6.07) is 10.9. The Kier molecular flexibility index (Phi) is 4.23. The molecule has 2 atom stereocenters. The number of aryl methyl sites for hydroxylation is 2. The van der Waals surface area contributed by atoms with Crippen molar-refractivity contribution in [3.8, 4) is 0 Å². The Bertz CT molecular complexity index is 890. The van der Waals surface area contributed by atoms with Crippen LogP contribution in [-0.2, 0) is 18.3 Å². The van der Waals surface area contributed by atoms with Gasteiger partial charge in [0.2, 0.25) is 0 Å². The van der Waals surface area contributed by atoms with Crippen LogP contribution in [-0.4, -0.2) is 44.4 Å². The van der Waals surface area contributed by atoms with Crippen LogP contribution < -0.4 is 0 Å². The van der Waals surface area contributed by atoms with Crippen molar-refractivity contribution < 1.29 is 4.74 Å². The van der Waals surface area contributed by atoms with Crippen LogP contribution in [0.15, 0.2) is 36.7 Å². The molecule has 1 aliphatic rings. The van der Waals surface area contributed by atoms with Gasteiger partial charge in [-0.25, -0.2) is 0 Å². The maximum atomic E-state index is 5.62. The molecule has 0 radical (unpaired) electrons. The highest BCUT2D eigenvalue weighted by atomic mass is 16.5. The quantitative estimate of drug-likeness (QED) is 0.732. The van der Waals surface area contributed by atoms with Crippen LogP contribution in [0.5, 0.6) is 0 Å². The average Bonchev–Trinajstić information content (AvgIpc) is 3.20. The molecule has 0 spiro atoms. The van der Waals surface area contributed by atoms with E-state index in [1.807, 2.05) is 18.5 Å². The van der Waals surface area contributed by atoms with Crippen LogP contribution in [0, 0.1) is 6.92 Å². The molecule has 6 nitrogen and oxygen atoms in total. The van der Waals surface area contributed by atoms with Crippen LogP contribution in [0.25, 0.3) is 10.9 Å². The molecule has 0 N–H and O–H groups in total. The van der Waals surface area contributed by atoms with Gasteiger partial charge in [-0.3, -0.25) is 9.88 Å². The second-order valence-corrected chi connectivity index (χ2v) is 6.82. The van der Waals surface area contributed by atoms with Crippen molar-refractivity contribution in [3.63, 3.8) is 0 Å². The Hall–Kier alpha value is -2.31. The lowest BCUT2D eigenvalue weighted by molar-refractivity contribution is 0.107. The molecule has 25 heavy (non-hydrogen) atoms. The van der Waals surface area contributed by atoms with Crippen molar-refractivity contribution in [1.29, 1.82) is 0 Å². The molecular weight excluding hydrogens is 314 g/mol. The Morgan fingerprint density at radius 2 is 2.12 bits per heavy atom. The predicted octanol–water partition coefficient (Wildman–Crippen LogP) is 2.63. The van der Waals surface area contributed by atoms with E-state index in [1.54, 1.807) is 13.4 Å². The third-order valence-corrected chi connectivity index (χ3v) is 5.02. The van der Waals surface area contributed by atoms with Crippen LogP contribution in [0.2, 0.25) is 0 Å². The Labute approximate surface area is 147 Å². The summed E-state index contributed by atoms with van der Waals surface area (Å²) in [5, 5.41) is 9.55. The molecule has 1 saturated heterocycles. The lowest BCUT2D eigenvalue weighted by atomic mass is 10.1. The molecule has 130 valence electrons. The first kappa shape index (κ1) is 16.2. The average molecular weight is 337 g/mol. The highest BCUT2D eigenvalue weighted by Gasteiger charge is 2.35. The summed E-state index contributed by atoms with van der Waals surface area (Å²) < 4.78 is 7.62. The van der Waals surface area contributed by atoms with Gasteiger partial charge in [0.25, 0.3) is 0 Å². The van der Waals surface area contributed by atoms with E-state index in [-0.39, 0.29) is 12.1 Å². The fourth-order valence-electron chi connectivity index (χ4n) is 3.68. The number of likely N-dealkylation sites (tertiary alicyclic amines) is 1. The lowest BCUT2D eigenvalue weighted by Gasteiger charge is -2.23. The SMILES string of the molecule is CO[C@@H]1C[C@@H](c2nncn2C)N(Cc2ccc3nc(C)ccc3c2)C1. The standard InChI is InChI=1S/C19H23N5O/c1-13-4-6-15-8-14(5-7-17(15)21-13)10-24-11-16(25-3)9-18(24)19-22-20-12-23(19)2/h4-8,12,16,18H,9-11H2,1-3H3/t16-,18+/m1/s1. The summed E-state index contributed by atoms with van der Waals surface area (Å²) in [7, 11) is 3.78. The van der Waals surface area contributed by atoms with E-state index < -0.39 is 0 Å². The van der Waals surface area contributed by atoms with Crippen LogP contribution in [0.1, 0.15) is 29.5 Å². The Morgan fingerprint density at radius 1 is 1.24 bits per heavy atom. The number of ether oxygens (including phenoxy) is 1. The summed E-state index contributed by atoms with van der Waals surface area (Å²) in [6.45, 7) is 3.79. The van der Waals surface area contributed by atoms with Gasteiger partial charge in [-0.1, -0.05) is 12.1 Å². The number of hydrogen-bond donors (Lipinski definition) is 0. The normalized spacial score (nSPS) is 21.2. The van der Waals surface area contributed by atoms with E-state index in [2.05, 4.69) is 50.4 Å². The molecule has 6 heteroatoms. The maximum absolute atomic E-state index is 5.62. The van der Waals surface area contributed by atoms with Gasteiger partial charge >= 0.3 is 0 Å². The maximum Gasteiger partial charge on any atom is 0.150 e. The molecule has 2 aromatic heterocycles. The van der Waals surface area contributed by atoms with E-state index in [9.17, 15) is 0 Å². The first-order valence-corrected chi connectivity index (χ1v) is 8.61. The predicted molar refractivity (Wildman–Crippen MR) is 96.0 cm³/mol. The minimum atomic E-state index is 0.226. The van der Waals surface area contributed by atoms with E-state index in [1.165, 1.54) is 10.9 Å². The molecule has 4 rings (SSSR count). The van der Waals surface area contributed by atoms with Gasteiger partial charge in [-0.2, -0.15) is 0 Å². The van der Waals surface area contributed by atoms with Gasteiger partial charge in [0.1, 0.15) is 12.2 Å². The van der Waals surface area contributed by atoms with Crippen LogP contribution >= 0.6 is 0 Å². The van der Waals surface area contributed by atoms with Gasteiger partial charge in [0.15, 0.2) is 0 Å². The molecule has 1 aromatic carbocycles. The molecule has 0 aliphatic carbocycles. The van der Waals surface area contributed by atoms with Crippen LogP contribution in [0.3, 0.4) is 0 Å². The number of methoxy groups -OCH3 is 1. The zero-order valence-corrected chi connectivity index (χ0v) is 14.9.